The van der Waals surface area contributed by atoms with Gasteiger partial charge in [0, 0.05) is 11.8 Å². The maximum Gasteiger partial charge on any atom is 0.127 e. The number of nitrogens with zero attached hydrogens (tertiary/aromatic N) is 1. The highest BCUT2D eigenvalue weighted by Crippen LogP contribution is 2.32. The lowest BCUT2D eigenvalue weighted by molar-refractivity contribution is 0.404. The van der Waals surface area contributed by atoms with Crippen LogP contribution in [0.1, 0.15) is 34.0 Å². The van der Waals surface area contributed by atoms with E-state index in [1.807, 2.05) is 25.1 Å². The van der Waals surface area contributed by atoms with Crippen LogP contribution >= 0.6 is 0 Å². The summed E-state index contributed by atoms with van der Waals surface area (Å²) in [6, 6.07) is 7.78. The van der Waals surface area contributed by atoms with Gasteiger partial charge in [0.2, 0.25) is 0 Å². The van der Waals surface area contributed by atoms with Crippen molar-refractivity contribution in [1.29, 1.82) is 0 Å². The van der Waals surface area contributed by atoms with E-state index in [0.29, 0.717) is 0 Å². The number of aromatic nitrogens is 1. The number of aryl methyl sites for hydroxylation is 2. The third kappa shape index (κ3) is 2.47. The standard InChI is InChI=1S/C16H20N2O/c1-10-7-8-13(16(19-4)12(10)3)14(17)15-11(2)6-5-9-18-15/h5-9,14H,17H2,1-4H3. The first-order chi connectivity index (χ1) is 9.06. The second-order valence-electron chi connectivity index (χ2n) is 4.81. The smallest absolute Gasteiger partial charge is 0.127 e. The summed E-state index contributed by atoms with van der Waals surface area (Å²) >= 11 is 0. The van der Waals surface area contributed by atoms with Crippen molar-refractivity contribution < 1.29 is 4.74 Å². The predicted molar refractivity (Wildman–Crippen MR) is 77.5 cm³/mol. The Morgan fingerprint density at radius 3 is 2.47 bits per heavy atom. The van der Waals surface area contributed by atoms with Crippen molar-refractivity contribution in [2.75, 3.05) is 7.11 Å². The third-order valence-electron chi connectivity index (χ3n) is 3.59. The molecule has 0 saturated heterocycles. The molecule has 1 unspecified atom stereocenters. The molecule has 0 aliphatic carbocycles. The maximum atomic E-state index is 6.37. The van der Waals surface area contributed by atoms with Crippen molar-refractivity contribution in [3.05, 3.63) is 58.4 Å². The molecule has 2 rings (SSSR count). The van der Waals surface area contributed by atoms with Crippen LogP contribution in [-0.4, -0.2) is 12.1 Å². The van der Waals surface area contributed by atoms with E-state index in [4.69, 9.17) is 10.5 Å². The molecule has 3 nitrogen and oxygen atoms in total. The van der Waals surface area contributed by atoms with Crippen LogP contribution in [-0.2, 0) is 0 Å². The molecule has 0 bridgehead atoms. The Morgan fingerprint density at radius 2 is 1.84 bits per heavy atom. The lowest BCUT2D eigenvalue weighted by Gasteiger charge is -2.19. The number of hydrogen-bond acceptors (Lipinski definition) is 3. The molecule has 1 aromatic carbocycles. The summed E-state index contributed by atoms with van der Waals surface area (Å²) in [6.45, 7) is 6.14. The minimum absolute atomic E-state index is 0.268. The zero-order valence-electron chi connectivity index (χ0n) is 11.9. The van der Waals surface area contributed by atoms with Crippen LogP contribution in [0.4, 0.5) is 0 Å². The maximum absolute atomic E-state index is 6.37. The Bertz CT molecular complexity index is 593. The van der Waals surface area contributed by atoms with Gasteiger partial charge in [-0.25, -0.2) is 0 Å². The average molecular weight is 256 g/mol. The van der Waals surface area contributed by atoms with Gasteiger partial charge in [-0.1, -0.05) is 18.2 Å². The molecule has 1 aromatic heterocycles. The summed E-state index contributed by atoms with van der Waals surface area (Å²) in [5, 5.41) is 0. The van der Waals surface area contributed by atoms with Crippen molar-refractivity contribution in [2.45, 2.75) is 26.8 Å². The quantitative estimate of drug-likeness (QED) is 0.918. The first-order valence-electron chi connectivity index (χ1n) is 6.37. The number of benzene rings is 1. The van der Waals surface area contributed by atoms with E-state index in [1.165, 1.54) is 5.56 Å². The number of pyridine rings is 1. The summed E-state index contributed by atoms with van der Waals surface area (Å²) in [5.74, 6) is 0.859. The van der Waals surface area contributed by atoms with Gasteiger partial charge in [0.25, 0.3) is 0 Å². The Hall–Kier alpha value is -1.87. The van der Waals surface area contributed by atoms with Crippen LogP contribution in [0.3, 0.4) is 0 Å². The summed E-state index contributed by atoms with van der Waals surface area (Å²) in [7, 11) is 1.68. The minimum Gasteiger partial charge on any atom is -0.496 e. The Morgan fingerprint density at radius 1 is 1.11 bits per heavy atom. The van der Waals surface area contributed by atoms with Crippen molar-refractivity contribution in [3.8, 4) is 5.75 Å². The summed E-state index contributed by atoms with van der Waals surface area (Å²) in [6.07, 6.45) is 1.77. The fourth-order valence-electron chi connectivity index (χ4n) is 2.30. The fourth-order valence-corrected chi connectivity index (χ4v) is 2.30. The third-order valence-corrected chi connectivity index (χ3v) is 3.59. The molecule has 19 heavy (non-hydrogen) atoms. The van der Waals surface area contributed by atoms with Crippen LogP contribution in [0.2, 0.25) is 0 Å². The Balaban J connectivity index is 2.53. The lowest BCUT2D eigenvalue weighted by atomic mass is 9.96. The van der Waals surface area contributed by atoms with Crippen molar-refractivity contribution >= 4 is 0 Å². The number of rotatable bonds is 3. The van der Waals surface area contributed by atoms with E-state index in [0.717, 1.165) is 28.1 Å². The van der Waals surface area contributed by atoms with E-state index in [9.17, 15) is 0 Å². The van der Waals surface area contributed by atoms with E-state index in [-0.39, 0.29) is 6.04 Å². The summed E-state index contributed by atoms with van der Waals surface area (Å²) < 4.78 is 5.53. The van der Waals surface area contributed by atoms with Gasteiger partial charge in [0.05, 0.1) is 18.8 Å². The van der Waals surface area contributed by atoms with Gasteiger partial charge >= 0.3 is 0 Å². The molecule has 0 aliphatic rings. The molecule has 0 amide bonds. The Labute approximate surface area is 114 Å². The van der Waals surface area contributed by atoms with Gasteiger partial charge < -0.3 is 10.5 Å². The molecule has 1 atom stereocenters. The van der Waals surface area contributed by atoms with Crippen LogP contribution < -0.4 is 10.5 Å². The monoisotopic (exact) mass is 256 g/mol. The number of nitrogens with two attached hydrogens (primary N) is 1. The topological polar surface area (TPSA) is 48.1 Å². The lowest BCUT2D eigenvalue weighted by Crippen LogP contribution is -2.16. The first kappa shape index (κ1) is 13.6. The molecule has 2 N–H and O–H groups in total. The van der Waals surface area contributed by atoms with Crippen molar-refractivity contribution in [2.24, 2.45) is 5.73 Å². The molecule has 0 aliphatic heterocycles. The number of hydrogen-bond donors (Lipinski definition) is 1. The second-order valence-corrected chi connectivity index (χ2v) is 4.81. The Kier molecular flexibility index (Phi) is 3.86. The van der Waals surface area contributed by atoms with Gasteiger partial charge in [0.1, 0.15) is 5.75 Å². The first-order valence-corrected chi connectivity index (χ1v) is 6.37. The predicted octanol–water partition coefficient (Wildman–Crippen LogP) is 3.06. The van der Waals surface area contributed by atoms with Crippen LogP contribution in [0.5, 0.6) is 5.75 Å². The summed E-state index contributed by atoms with van der Waals surface area (Å²) in [4.78, 5) is 4.40. The molecule has 1 heterocycles. The highest BCUT2D eigenvalue weighted by atomic mass is 16.5. The van der Waals surface area contributed by atoms with Crippen LogP contribution in [0, 0.1) is 20.8 Å². The molecule has 0 fully saturated rings. The molecular formula is C16H20N2O. The highest BCUT2D eigenvalue weighted by Gasteiger charge is 2.18. The van der Waals surface area contributed by atoms with Gasteiger partial charge in [0.15, 0.2) is 0 Å². The van der Waals surface area contributed by atoms with Crippen LogP contribution in [0.25, 0.3) is 0 Å². The normalized spacial score (nSPS) is 12.3. The molecule has 0 saturated carbocycles. The zero-order valence-corrected chi connectivity index (χ0v) is 11.9. The van der Waals surface area contributed by atoms with Crippen molar-refractivity contribution in [3.63, 3.8) is 0 Å². The fraction of sp³-hybridized carbons (Fsp3) is 0.312. The largest absolute Gasteiger partial charge is 0.496 e. The van der Waals surface area contributed by atoms with Gasteiger partial charge in [-0.15, -0.1) is 0 Å². The molecule has 3 heteroatoms. The number of ether oxygens (including phenoxy) is 1. The molecule has 0 spiro atoms. The minimum atomic E-state index is -0.268. The van der Waals surface area contributed by atoms with E-state index >= 15 is 0 Å². The van der Waals surface area contributed by atoms with E-state index < -0.39 is 0 Å². The van der Waals surface area contributed by atoms with Gasteiger partial charge in [-0.05, 0) is 43.5 Å². The van der Waals surface area contributed by atoms with Crippen LogP contribution in [0.15, 0.2) is 30.5 Å². The average Bonchev–Trinajstić information content (AvgIpc) is 2.41. The zero-order chi connectivity index (χ0) is 14.0. The molecule has 100 valence electrons. The summed E-state index contributed by atoms with van der Waals surface area (Å²) in [5.41, 5.74) is 11.7. The second kappa shape index (κ2) is 5.41. The van der Waals surface area contributed by atoms with Gasteiger partial charge in [-0.2, -0.15) is 0 Å². The van der Waals surface area contributed by atoms with Gasteiger partial charge in [-0.3, -0.25) is 4.98 Å². The molecule has 2 aromatic rings. The van der Waals surface area contributed by atoms with Crippen molar-refractivity contribution in [1.82, 2.24) is 4.98 Å². The van der Waals surface area contributed by atoms with E-state index in [1.54, 1.807) is 13.3 Å². The molecule has 0 radical (unpaired) electrons. The SMILES string of the molecule is COc1c(C(N)c2ncccc2C)ccc(C)c1C. The highest BCUT2D eigenvalue weighted by molar-refractivity contribution is 5.49. The molecular weight excluding hydrogens is 236 g/mol. The number of methoxy groups -OCH3 is 1. The van der Waals surface area contributed by atoms with E-state index in [2.05, 4.69) is 24.9 Å².